The maximum absolute atomic E-state index is 11.6. The van der Waals surface area contributed by atoms with Gasteiger partial charge in [-0.15, -0.1) is 0 Å². The van der Waals surface area contributed by atoms with Crippen LogP contribution in [-0.2, 0) is 37.9 Å². The third kappa shape index (κ3) is 11.1. The van der Waals surface area contributed by atoms with Crippen molar-refractivity contribution in [3.63, 3.8) is 0 Å². The first-order valence-electron chi connectivity index (χ1n) is 28.3. The Morgan fingerprint density at radius 3 is 1.71 bits per heavy atom. The summed E-state index contributed by atoms with van der Waals surface area (Å²) in [5.74, 6) is 1.19. The number of fused-ring (bicyclic) bond motifs is 5. The molecule has 4 heterocycles. The molecule has 0 aromatic rings. The van der Waals surface area contributed by atoms with E-state index in [0.29, 0.717) is 37.5 Å². The third-order valence-electron chi connectivity index (χ3n) is 20.9. The first-order chi connectivity index (χ1) is 36.0. The van der Waals surface area contributed by atoms with Crippen LogP contribution in [0, 0.1) is 45.3 Å². The molecule has 0 aromatic heterocycles. The molecule has 8 rings (SSSR count). The lowest BCUT2D eigenvalue weighted by Crippen LogP contribution is -2.64. The summed E-state index contributed by atoms with van der Waals surface area (Å²) >= 11 is 0. The van der Waals surface area contributed by atoms with Crippen LogP contribution in [0.25, 0.3) is 0 Å². The minimum atomic E-state index is -1.78. The summed E-state index contributed by atoms with van der Waals surface area (Å²) in [4.78, 5) is 0. The molecule has 4 aliphatic heterocycles. The minimum Gasteiger partial charge on any atom is -0.394 e. The number of allylic oxidation sites excluding steroid dienone is 1. The summed E-state index contributed by atoms with van der Waals surface area (Å²) in [7, 11) is 0. The van der Waals surface area contributed by atoms with Gasteiger partial charge in [-0.1, -0.05) is 60.1 Å². The van der Waals surface area contributed by atoms with E-state index in [0.717, 1.165) is 38.5 Å². The molecule has 0 amide bonds. The van der Waals surface area contributed by atoms with Crippen LogP contribution in [-0.4, -0.2) is 232 Å². The van der Waals surface area contributed by atoms with Gasteiger partial charge in [-0.3, -0.25) is 0 Å². The monoisotopic (exact) mass is 1110 g/mol. The summed E-state index contributed by atoms with van der Waals surface area (Å²) in [5.41, 5.74) is -0.684. The van der Waals surface area contributed by atoms with Gasteiger partial charge in [0.2, 0.25) is 0 Å². The van der Waals surface area contributed by atoms with Crippen LogP contribution in [0.4, 0.5) is 0 Å². The molecule has 0 bridgehead atoms. The maximum atomic E-state index is 11.6. The van der Waals surface area contributed by atoms with Crippen LogP contribution in [0.3, 0.4) is 0 Å². The number of rotatable bonds is 17. The Balaban J connectivity index is 0.925. The van der Waals surface area contributed by atoms with Crippen LogP contribution in [0.2, 0.25) is 0 Å². The van der Waals surface area contributed by atoms with Crippen molar-refractivity contribution in [3.8, 4) is 0 Å². The van der Waals surface area contributed by atoms with Crippen molar-refractivity contribution in [1.29, 1.82) is 0 Å². The zero-order valence-corrected chi connectivity index (χ0v) is 46.3. The second-order valence-electron chi connectivity index (χ2n) is 26.0. The van der Waals surface area contributed by atoms with E-state index in [-0.39, 0.29) is 28.1 Å². The molecule has 0 aromatic carbocycles. The van der Waals surface area contributed by atoms with E-state index in [2.05, 4.69) is 47.6 Å². The summed E-state index contributed by atoms with van der Waals surface area (Å²) in [5, 5.41) is 149. The number of aliphatic hydroxyl groups is 14. The fourth-order valence-electron chi connectivity index (χ4n) is 15.8. The van der Waals surface area contributed by atoms with Gasteiger partial charge in [0.05, 0.1) is 43.7 Å². The standard InChI is InChI=1S/C55H94O22/c1-10-28-35(58)42(65)46(77-49-45(68)40(63)37(60)30(22-57)73-49)50(71-28)76-34(52(5,6)69)15-11-24(2)25-17-18-55(9)32-14-12-26-27(53(32,7)19-20-54(25,55)8)13-16-33(51(26,3)4)75-48-44(67)41(64)38(61)31(74-48)23-70-47-43(66)39(62)36(59)29(21-56)72-47/h12,24-25,27-50,56-69H,10-11,13-23H2,1-9H3/t24-,25-,27-,28-,29-,30-,31-,32-,33+,34-,35-,36-,37-,38-,39+,40+,41+,42+,43-,44-,45-,46-,47-,48+,49+,50+,53+,54-,55+/m1/s1. The van der Waals surface area contributed by atoms with Gasteiger partial charge >= 0.3 is 0 Å². The van der Waals surface area contributed by atoms with Crippen LogP contribution in [0.1, 0.15) is 127 Å². The zero-order chi connectivity index (χ0) is 56.6. The van der Waals surface area contributed by atoms with Crippen molar-refractivity contribution in [3.05, 3.63) is 11.6 Å². The largest absolute Gasteiger partial charge is 0.394 e. The highest BCUT2D eigenvalue weighted by molar-refractivity contribution is 5.30. The number of hydrogen-bond donors (Lipinski definition) is 14. The van der Waals surface area contributed by atoms with Gasteiger partial charge in [-0.25, -0.2) is 0 Å². The Bertz CT molecular complexity index is 1990. The Labute approximate surface area is 452 Å². The molecule has 77 heavy (non-hydrogen) atoms. The minimum absolute atomic E-state index is 0.00857. The van der Waals surface area contributed by atoms with Gasteiger partial charge < -0.3 is 109 Å². The van der Waals surface area contributed by atoms with E-state index in [1.54, 1.807) is 20.8 Å². The molecule has 8 aliphatic rings. The highest BCUT2D eigenvalue weighted by atomic mass is 16.8. The lowest BCUT2D eigenvalue weighted by molar-refractivity contribution is -0.374. The first-order valence-corrected chi connectivity index (χ1v) is 28.3. The molecule has 0 radical (unpaired) electrons. The fourth-order valence-corrected chi connectivity index (χ4v) is 15.8. The van der Waals surface area contributed by atoms with E-state index in [9.17, 15) is 71.5 Å². The number of aliphatic hydroxyl groups excluding tert-OH is 13. The molecule has 446 valence electrons. The van der Waals surface area contributed by atoms with Gasteiger partial charge in [-0.2, -0.15) is 0 Å². The van der Waals surface area contributed by atoms with Crippen molar-refractivity contribution >= 4 is 0 Å². The SMILES string of the molecule is CC[C@H]1O[C@@H](O[C@H](CC[C@@H](C)[C@H]2CC[C@@]3(C)[C@@H]4CC=C5[C@@H](CC[C@H](O[C@@H]6O[C@H](CO[C@@H]7O[C@H](CO)[C@@H](O)[C@H](O)[C@H]7O)[C@@H](O)[C@H](O)[C@H]6O)C5(C)C)[C@]4(C)CC[C@]23C)C(C)(C)O)[C@H](O[C@@H]2O[C@H](CO)[C@@H](O)[C@H](O)[C@H]2O)[C@@H](O)[C@@H]1O. The molecule has 7 fully saturated rings. The first kappa shape index (κ1) is 61.9. The van der Waals surface area contributed by atoms with Crippen molar-refractivity contribution in [2.24, 2.45) is 45.3 Å². The Hall–Kier alpha value is -1.14. The van der Waals surface area contributed by atoms with E-state index in [1.165, 1.54) is 5.57 Å². The Morgan fingerprint density at radius 2 is 1.13 bits per heavy atom. The van der Waals surface area contributed by atoms with Gasteiger partial charge in [0.15, 0.2) is 25.2 Å². The lowest BCUT2D eigenvalue weighted by Gasteiger charge is -2.66. The van der Waals surface area contributed by atoms with Gasteiger partial charge in [0, 0.05) is 5.41 Å². The highest BCUT2D eigenvalue weighted by Crippen LogP contribution is 2.75. The molecule has 3 saturated carbocycles. The molecule has 14 N–H and O–H groups in total. The number of hydrogen-bond acceptors (Lipinski definition) is 22. The van der Waals surface area contributed by atoms with Crippen molar-refractivity contribution in [1.82, 2.24) is 0 Å². The quantitative estimate of drug-likeness (QED) is 0.0794. The van der Waals surface area contributed by atoms with E-state index < -0.39 is 166 Å². The number of ether oxygens (including phenoxy) is 8. The molecule has 4 aliphatic carbocycles. The van der Waals surface area contributed by atoms with Gasteiger partial charge in [-0.05, 0) is 118 Å². The van der Waals surface area contributed by atoms with Crippen LogP contribution < -0.4 is 0 Å². The lowest BCUT2D eigenvalue weighted by atomic mass is 9.39. The van der Waals surface area contributed by atoms with Crippen molar-refractivity contribution in [2.45, 2.75) is 267 Å². The average molecular weight is 1110 g/mol. The van der Waals surface area contributed by atoms with Crippen molar-refractivity contribution < 1.29 is 109 Å². The summed E-state index contributed by atoms with van der Waals surface area (Å²) < 4.78 is 48.2. The van der Waals surface area contributed by atoms with Crippen molar-refractivity contribution in [2.75, 3.05) is 19.8 Å². The zero-order valence-electron chi connectivity index (χ0n) is 46.3. The summed E-state index contributed by atoms with van der Waals surface area (Å²) in [6.07, 6.45) is -21.0. The molecular formula is C55H94O22. The van der Waals surface area contributed by atoms with Gasteiger partial charge in [0.1, 0.15) is 91.6 Å². The van der Waals surface area contributed by atoms with Crippen LogP contribution in [0.5, 0.6) is 0 Å². The second-order valence-corrected chi connectivity index (χ2v) is 26.0. The fraction of sp³-hybridized carbons (Fsp3) is 0.964. The normalized spacial score (nSPS) is 51.0. The van der Waals surface area contributed by atoms with Gasteiger partial charge in [0.25, 0.3) is 0 Å². The predicted molar refractivity (Wildman–Crippen MR) is 269 cm³/mol. The van der Waals surface area contributed by atoms with E-state index >= 15 is 0 Å². The molecule has 29 atom stereocenters. The predicted octanol–water partition coefficient (Wildman–Crippen LogP) is -0.785. The molecule has 0 unspecified atom stereocenters. The van der Waals surface area contributed by atoms with E-state index in [4.69, 9.17) is 37.9 Å². The molecule has 4 saturated heterocycles. The third-order valence-corrected chi connectivity index (χ3v) is 20.9. The Kier molecular flexibility index (Phi) is 18.9. The van der Waals surface area contributed by atoms with Crippen LogP contribution >= 0.6 is 0 Å². The van der Waals surface area contributed by atoms with Crippen LogP contribution in [0.15, 0.2) is 11.6 Å². The molecule has 0 spiro atoms. The van der Waals surface area contributed by atoms with E-state index in [1.807, 2.05) is 0 Å². The molecule has 22 heteroatoms. The smallest absolute Gasteiger partial charge is 0.187 e. The second kappa shape index (κ2) is 23.5. The summed E-state index contributed by atoms with van der Waals surface area (Å²) in [6, 6.07) is 0. The highest BCUT2D eigenvalue weighted by Gasteiger charge is 2.68. The Morgan fingerprint density at radius 1 is 0.597 bits per heavy atom. The average Bonchev–Trinajstić information content (AvgIpc) is 3.83. The molecular weight excluding hydrogens is 1010 g/mol. The maximum Gasteiger partial charge on any atom is 0.187 e. The molecule has 22 nitrogen and oxygen atoms in total. The summed E-state index contributed by atoms with van der Waals surface area (Å²) in [6.45, 7) is 17.2. The topological polar surface area (TPSA) is 357 Å².